The van der Waals surface area contributed by atoms with Crippen LogP contribution in [0.1, 0.15) is 32.1 Å². The molecule has 9 bridgehead atoms. The molecule has 9 aliphatic rings. The van der Waals surface area contributed by atoms with Crippen molar-refractivity contribution in [1.82, 2.24) is 4.90 Å². The fourth-order valence-corrected chi connectivity index (χ4v) is 9.09. The summed E-state index contributed by atoms with van der Waals surface area (Å²) in [7, 11) is 0. The molecule has 0 N–H and O–H groups in total. The summed E-state index contributed by atoms with van der Waals surface area (Å²) in [6.45, 7) is 1.43. The van der Waals surface area contributed by atoms with Crippen LogP contribution in [0.3, 0.4) is 0 Å². The molecule has 3 heterocycles. The molecule has 0 amide bonds. The molecule has 1 heteroatoms. The van der Waals surface area contributed by atoms with E-state index in [1.807, 2.05) is 5.57 Å². The molecule has 9 unspecified atom stereocenters. The topological polar surface area (TPSA) is 3.24 Å². The predicted octanol–water partition coefficient (Wildman–Crippen LogP) is 3.24. The molecular formula is C19H23N. The highest BCUT2D eigenvalue weighted by molar-refractivity contribution is 5.49. The minimum absolute atomic E-state index is 0.656. The minimum atomic E-state index is 0.656. The van der Waals surface area contributed by atoms with Gasteiger partial charge in [0.15, 0.2) is 0 Å². The van der Waals surface area contributed by atoms with Crippen molar-refractivity contribution >= 4 is 0 Å². The van der Waals surface area contributed by atoms with Gasteiger partial charge in [0.1, 0.15) is 0 Å². The molecule has 1 nitrogen and oxygen atoms in total. The molecule has 8 fully saturated rings. The van der Waals surface area contributed by atoms with Crippen LogP contribution in [0, 0.1) is 40.9 Å². The molecule has 20 heavy (non-hydrogen) atoms. The van der Waals surface area contributed by atoms with Crippen molar-refractivity contribution in [1.29, 1.82) is 0 Å². The van der Waals surface area contributed by atoms with Crippen molar-refractivity contribution in [2.75, 3.05) is 6.54 Å². The molecular weight excluding hydrogens is 242 g/mol. The van der Waals surface area contributed by atoms with Gasteiger partial charge >= 0.3 is 0 Å². The second-order valence-electron chi connectivity index (χ2n) is 8.77. The first-order valence-corrected chi connectivity index (χ1v) is 9.08. The summed E-state index contributed by atoms with van der Waals surface area (Å²) >= 11 is 0. The molecule has 1 spiro atoms. The Labute approximate surface area is 121 Å². The maximum absolute atomic E-state index is 3.03. The fraction of sp³-hybridized carbons (Fsp3) is 0.789. The number of rotatable bonds is 0. The SMILES string of the molecule is C1=CC23C4CCC2C2C4C4C(=C1)C3C2N1CCCCC41. The van der Waals surface area contributed by atoms with Gasteiger partial charge in [0, 0.05) is 23.4 Å². The van der Waals surface area contributed by atoms with E-state index in [-0.39, 0.29) is 0 Å². The van der Waals surface area contributed by atoms with Gasteiger partial charge in [0.25, 0.3) is 0 Å². The summed E-state index contributed by atoms with van der Waals surface area (Å²) in [5.74, 6) is 6.28. The van der Waals surface area contributed by atoms with Gasteiger partial charge in [-0.15, -0.1) is 0 Å². The lowest BCUT2D eigenvalue weighted by molar-refractivity contribution is -0.143. The Balaban J connectivity index is 1.54. The first-order valence-electron chi connectivity index (χ1n) is 9.08. The smallest absolute Gasteiger partial charge is 0.0207 e. The van der Waals surface area contributed by atoms with E-state index in [0.717, 1.165) is 47.6 Å². The summed E-state index contributed by atoms with van der Waals surface area (Å²) < 4.78 is 0. The molecule has 6 aliphatic carbocycles. The van der Waals surface area contributed by atoms with Crippen molar-refractivity contribution in [3.8, 4) is 0 Å². The number of nitrogens with zero attached hydrogens (tertiary/aromatic N) is 1. The molecule has 0 aromatic rings. The lowest BCUT2D eigenvalue weighted by Gasteiger charge is -2.68. The third kappa shape index (κ3) is 0.728. The first-order chi connectivity index (χ1) is 9.93. The van der Waals surface area contributed by atoms with E-state index in [1.54, 1.807) is 12.8 Å². The van der Waals surface area contributed by atoms with E-state index in [4.69, 9.17) is 0 Å². The van der Waals surface area contributed by atoms with Crippen LogP contribution in [-0.2, 0) is 0 Å². The van der Waals surface area contributed by atoms with Crippen LogP contribution in [0.15, 0.2) is 23.8 Å². The van der Waals surface area contributed by atoms with E-state index in [2.05, 4.69) is 23.1 Å². The van der Waals surface area contributed by atoms with Crippen LogP contribution in [0.25, 0.3) is 0 Å². The number of hydrogen-bond donors (Lipinski definition) is 0. The molecule has 0 aromatic carbocycles. The largest absolute Gasteiger partial charge is 0.296 e. The summed E-state index contributed by atoms with van der Waals surface area (Å²) in [4.78, 5) is 3.03. The third-order valence-electron chi connectivity index (χ3n) is 8.94. The third-order valence-corrected chi connectivity index (χ3v) is 8.94. The lowest BCUT2D eigenvalue weighted by atomic mass is 9.44. The zero-order valence-corrected chi connectivity index (χ0v) is 12.0. The van der Waals surface area contributed by atoms with E-state index < -0.39 is 0 Å². The second kappa shape index (κ2) is 2.84. The van der Waals surface area contributed by atoms with E-state index in [1.165, 1.54) is 25.8 Å². The van der Waals surface area contributed by atoms with E-state index in [0.29, 0.717) is 5.41 Å². The Morgan fingerprint density at radius 1 is 1.05 bits per heavy atom. The Morgan fingerprint density at radius 2 is 1.95 bits per heavy atom. The van der Waals surface area contributed by atoms with E-state index in [9.17, 15) is 0 Å². The van der Waals surface area contributed by atoms with Crippen LogP contribution in [0.5, 0.6) is 0 Å². The zero-order chi connectivity index (χ0) is 12.6. The van der Waals surface area contributed by atoms with Crippen LogP contribution in [-0.4, -0.2) is 23.5 Å². The van der Waals surface area contributed by atoms with Crippen LogP contribution >= 0.6 is 0 Å². The molecule has 0 aromatic heterocycles. The van der Waals surface area contributed by atoms with Crippen molar-refractivity contribution < 1.29 is 0 Å². The van der Waals surface area contributed by atoms with Gasteiger partial charge in [0.05, 0.1) is 0 Å². The van der Waals surface area contributed by atoms with Crippen molar-refractivity contribution in [2.24, 2.45) is 40.9 Å². The summed E-state index contributed by atoms with van der Waals surface area (Å²) in [5.41, 5.74) is 2.59. The maximum atomic E-state index is 3.03. The molecule has 0 radical (unpaired) electrons. The van der Waals surface area contributed by atoms with Crippen molar-refractivity contribution in [3.05, 3.63) is 23.8 Å². The second-order valence-corrected chi connectivity index (χ2v) is 8.77. The summed E-state index contributed by atoms with van der Waals surface area (Å²) in [5, 5.41) is 0. The highest BCUT2D eigenvalue weighted by atomic mass is 15.3. The maximum Gasteiger partial charge on any atom is 0.0207 e. The van der Waals surface area contributed by atoms with Crippen molar-refractivity contribution in [3.63, 3.8) is 0 Å². The average Bonchev–Trinajstić information content (AvgIpc) is 3.08. The molecule has 9 atom stereocenters. The van der Waals surface area contributed by atoms with Gasteiger partial charge in [-0.2, -0.15) is 0 Å². The Hall–Kier alpha value is -0.560. The van der Waals surface area contributed by atoms with Gasteiger partial charge in [0.2, 0.25) is 0 Å². The molecule has 104 valence electrons. The van der Waals surface area contributed by atoms with Crippen LogP contribution in [0.4, 0.5) is 0 Å². The molecule has 9 rings (SSSR count). The van der Waals surface area contributed by atoms with Gasteiger partial charge in [-0.05, 0) is 61.8 Å². The van der Waals surface area contributed by atoms with Gasteiger partial charge < -0.3 is 0 Å². The van der Waals surface area contributed by atoms with Crippen LogP contribution in [0.2, 0.25) is 0 Å². The fourth-order valence-electron chi connectivity index (χ4n) is 9.09. The van der Waals surface area contributed by atoms with Gasteiger partial charge in [-0.1, -0.05) is 30.2 Å². The van der Waals surface area contributed by atoms with E-state index >= 15 is 0 Å². The minimum Gasteiger partial charge on any atom is -0.296 e. The lowest BCUT2D eigenvalue weighted by Crippen LogP contribution is -2.71. The Kier molecular flexibility index (Phi) is 1.45. The zero-order valence-electron chi connectivity index (χ0n) is 12.0. The molecule has 3 saturated heterocycles. The monoisotopic (exact) mass is 265 g/mol. The van der Waals surface area contributed by atoms with Gasteiger partial charge in [-0.25, -0.2) is 0 Å². The molecule has 3 aliphatic heterocycles. The highest BCUT2D eigenvalue weighted by Crippen LogP contribution is 2.84. The Bertz CT molecular complexity index is 581. The number of piperidine rings is 3. The summed E-state index contributed by atoms with van der Waals surface area (Å²) in [6, 6.07) is 1.91. The van der Waals surface area contributed by atoms with Crippen molar-refractivity contribution in [2.45, 2.75) is 44.2 Å². The standard InChI is InChI=1S/C19H23N/c1-2-9-20-13(5-1)14-10-4-3-8-19-11-6-7-12(19)16(15(11)14)18(20)17(10)19/h3-4,8,11-18H,1-2,5-7,9H2. The Morgan fingerprint density at radius 3 is 2.90 bits per heavy atom. The quantitative estimate of drug-likeness (QED) is 0.650. The van der Waals surface area contributed by atoms with Crippen LogP contribution < -0.4 is 0 Å². The highest BCUT2D eigenvalue weighted by Gasteiger charge is 2.82. The average molecular weight is 265 g/mol. The van der Waals surface area contributed by atoms with Gasteiger partial charge in [-0.3, -0.25) is 4.90 Å². The number of hydrogen-bond acceptors (Lipinski definition) is 1. The number of allylic oxidation sites excluding steroid dienone is 3. The first kappa shape index (κ1) is 10.2. The normalized spacial score (nSPS) is 66.9. The molecule has 5 saturated carbocycles. The predicted molar refractivity (Wildman–Crippen MR) is 78.0 cm³/mol. The summed E-state index contributed by atoms with van der Waals surface area (Å²) in [6.07, 6.45) is 15.3.